The Balaban J connectivity index is 1.97. The van der Waals surface area contributed by atoms with E-state index in [9.17, 15) is 4.79 Å². The summed E-state index contributed by atoms with van der Waals surface area (Å²) in [5, 5.41) is 0. The van der Waals surface area contributed by atoms with Crippen LogP contribution in [-0.2, 0) is 9.53 Å². The predicted octanol–water partition coefficient (Wildman–Crippen LogP) is 4.86. The Bertz CT molecular complexity index is 382. The van der Waals surface area contributed by atoms with Crippen LogP contribution in [0.3, 0.4) is 0 Å². The van der Waals surface area contributed by atoms with Crippen molar-refractivity contribution >= 4 is 5.78 Å². The third-order valence-corrected chi connectivity index (χ3v) is 6.59. The highest BCUT2D eigenvalue weighted by molar-refractivity contribution is 5.83. The van der Waals surface area contributed by atoms with E-state index in [1.165, 1.54) is 6.42 Å². The summed E-state index contributed by atoms with van der Waals surface area (Å²) in [4.78, 5) is 12.2. The molecule has 0 heterocycles. The van der Waals surface area contributed by atoms with Gasteiger partial charge in [-0.3, -0.25) is 4.79 Å². The molecule has 2 heteroatoms. The fraction of sp³-hybridized carbons (Fsp3) is 0.947. The Morgan fingerprint density at radius 2 is 1.95 bits per heavy atom. The van der Waals surface area contributed by atoms with Gasteiger partial charge >= 0.3 is 0 Å². The molecule has 2 nitrogen and oxygen atoms in total. The van der Waals surface area contributed by atoms with Gasteiger partial charge in [0.25, 0.3) is 0 Å². The third-order valence-electron chi connectivity index (χ3n) is 6.59. The Labute approximate surface area is 131 Å². The van der Waals surface area contributed by atoms with Crippen molar-refractivity contribution in [2.45, 2.75) is 79.8 Å². The molecule has 2 aliphatic rings. The molecule has 0 N–H and O–H groups in total. The minimum absolute atomic E-state index is 0.194. The second-order valence-electron chi connectivity index (χ2n) is 8.87. The number of hydrogen-bond acceptors (Lipinski definition) is 2. The first kappa shape index (κ1) is 17.0. The lowest BCUT2D eigenvalue weighted by Gasteiger charge is -2.42. The van der Waals surface area contributed by atoms with Crippen molar-refractivity contribution in [2.75, 3.05) is 6.61 Å². The monoisotopic (exact) mass is 294 g/mol. The maximum atomic E-state index is 12.2. The maximum Gasteiger partial charge on any atom is 0.136 e. The summed E-state index contributed by atoms with van der Waals surface area (Å²) in [7, 11) is 0. The van der Waals surface area contributed by atoms with Crippen molar-refractivity contribution in [3.63, 3.8) is 0 Å². The van der Waals surface area contributed by atoms with Crippen LogP contribution in [0.1, 0.15) is 73.6 Å². The van der Waals surface area contributed by atoms with E-state index < -0.39 is 0 Å². The van der Waals surface area contributed by atoms with E-state index in [0.717, 1.165) is 32.3 Å². The summed E-state index contributed by atoms with van der Waals surface area (Å²) in [5.41, 5.74) is 0.488. The van der Waals surface area contributed by atoms with Gasteiger partial charge in [-0.05, 0) is 55.3 Å². The number of rotatable bonds is 4. The Morgan fingerprint density at radius 1 is 1.29 bits per heavy atom. The number of ketones is 1. The fourth-order valence-electron chi connectivity index (χ4n) is 4.40. The molecule has 2 aliphatic carbocycles. The molecule has 5 atom stereocenters. The minimum Gasteiger partial charge on any atom is -0.378 e. The summed E-state index contributed by atoms with van der Waals surface area (Å²) in [6.45, 7) is 14.5. The molecule has 0 aromatic rings. The van der Waals surface area contributed by atoms with Crippen molar-refractivity contribution in [3.8, 4) is 0 Å². The van der Waals surface area contributed by atoms with Gasteiger partial charge in [-0.25, -0.2) is 0 Å². The summed E-state index contributed by atoms with van der Waals surface area (Å²) < 4.78 is 6.25. The van der Waals surface area contributed by atoms with Gasteiger partial charge in [-0.15, -0.1) is 0 Å². The van der Waals surface area contributed by atoms with E-state index in [-0.39, 0.29) is 11.5 Å². The number of carbonyl (C=O) groups is 1. The van der Waals surface area contributed by atoms with E-state index in [2.05, 4.69) is 41.5 Å². The predicted molar refractivity (Wildman–Crippen MR) is 87.2 cm³/mol. The molecule has 0 aromatic carbocycles. The number of Topliss-reactive ketones (excluding diaryl/α,β-unsaturated/α-hetero) is 1. The lowest BCUT2D eigenvalue weighted by atomic mass is 9.64. The molecule has 122 valence electrons. The van der Waals surface area contributed by atoms with Crippen LogP contribution in [0.5, 0.6) is 0 Å². The molecule has 0 amide bonds. The Morgan fingerprint density at radius 3 is 2.57 bits per heavy atom. The molecule has 0 spiro atoms. The van der Waals surface area contributed by atoms with Crippen LogP contribution in [0.15, 0.2) is 0 Å². The van der Waals surface area contributed by atoms with Gasteiger partial charge in [0.2, 0.25) is 0 Å². The van der Waals surface area contributed by atoms with Crippen LogP contribution in [0, 0.1) is 28.6 Å². The Hall–Kier alpha value is -0.370. The average Bonchev–Trinajstić information content (AvgIpc) is 2.73. The molecule has 0 aromatic heterocycles. The van der Waals surface area contributed by atoms with Crippen molar-refractivity contribution in [1.29, 1.82) is 0 Å². The number of fused-ring (bicyclic) bond motifs is 1. The van der Waals surface area contributed by atoms with Crippen LogP contribution < -0.4 is 0 Å². The normalized spacial score (nSPS) is 36.4. The molecule has 0 radical (unpaired) electrons. The highest BCUT2D eigenvalue weighted by Crippen LogP contribution is 2.55. The van der Waals surface area contributed by atoms with Crippen LogP contribution in [0.4, 0.5) is 0 Å². The average molecular weight is 294 g/mol. The van der Waals surface area contributed by atoms with Crippen LogP contribution in [0.25, 0.3) is 0 Å². The standard InChI is InChI=1S/C19H34O2/c1-13(18(3,4)5)12-21-14(2)15-9-10-16-17(20)8-7-11-19(15,16)6/h13-16H,7-12H2,1-6H3/t13-,14+,15?,16?,19?/m0/s1. The van der Waals surface area contributed by atoms with Gasteiger partial charge in [0.05, 0.1) is 6.10 Å². The fourth-order valence-corrected chi connectivity index (χ4v) is 4.40. The molecule has 0 aliphatic heterocycles. The molecule has 2 rings (SSSR count). The summed E-state index contributed by atoms with van der Waals surface area (Å²) in [6, 6.07) is 0. The first-order valence-electron chi connectivity index (χ1n) is 8.80. The molecule has 21 heavy (non-hydrogen) atoms. The van der Waals surface area contributed by atoms with Crippen molar-refractivity contribution in [2.24, 2.45) is 28.6 Å². The van der Waals surface area contributed by atoms with Gasteiger partial charge in [0, 0.05) is 18.9 Å². The molecule has 2 saturated carbocycles. The van der Waals surface area contributed by atoms with Crippen LogP contribution in [0.2, 0.25) is 0 Å². The van der Waals surface area contributed by atoms with Gasteiger partial charge in [-0.1, -0.05) is 34.6 Å². The van der Waals surface area contributed by atoms with E-state index in [1.54, 1.807) is 0 Å². The molecular formula is C19H34O2. The lowest BCUT2D eigenvalue weighted by Crippen LogP contribution is -2.41. The van der Waals surface area contributed by atoms with Crippen molar-refractivity contribution in [3.05, 3.63) is 0 Å². The van der Waals surface area contributed by atoms with E-state index >= 15 is 0 Å². The molecular weight excluding hydrogens is 260 g/mol. The zero-order valence-corrected chi connectivity index (χ0v) is 14.9. The number of hydrogen-bond donors (Lipinski definition) is 0. The smallest absolute Gasteiger partial charge is 0.136 e. The zero-order valence-electron chi connectivity index (χ0n) is 14.9. The van der Waals surface area contributed by atoms with Gasteiger partial charge in [0.15, 0.2) is 0 Å². The zero-order chi connectivity index (χ0) is 15.8. The second-order valence-corrected chi connectivity index (χ2v) is 8.87. The largest absolute Gasteiger partial charge is 0.378 e. The van der Waals surface area contributed by atoms with Crippen molar-refractivity contribution < 1.29 is 9.53 Å². The van der Waals surface area contributed by atoms with Crippen LogP contribution in [-0.4, -0.2) is 18.5 Å². The number of ether oxygens (including phenoxy) is 1. The highest BCUT2D eigenvalue weighted by atomic mass is 16.5. The molecule has 3 unspecified atom stereocenters. The first-order chi connectivity index (χ1) is 9.66. The molecule has 2 fully saturated rings. The van der Waals surface area contributed by atoms with E-state index in [4.69, 9.17) is 4.74 Å². The summed E-state index contributed by atoms with van der Waals surface area (Å²) in [5.74, 6) is 1.93. The number of carbonyl (C=O) groups excluding carboxylic acids is 1. The molecule has 0 saturated heterocycles. The quantitative estimate of drug-likeness (QED) is 0.740. The van der Waals surface area contributed by atoms with E-state index in [1.807, 2.05) is 0 Å². The molecule has 0 bridgehead atoms. The topological polar surface area (TPSA) is 26.3 Å². The van der Waals surface area contributed by atoms with Gasteiger partial charge in [-0.2, -0.15) is 0 Å². The third kappa shape index (κ3) is 3.36. The highest BCUT2D eigenvalue weighted by Gasteiger charge is 2.52. The van der Waals surface area contributed by atoms with Crippen LogP contribution >= 0.6 is 0 Å². The summed E-state index contributed by atoms with van der Waals surface area (Å²) >= 11 is 0. The Kier molecular flexibility index (Phi) is 4.87. The summed E-state index contributed by atoms with van der Waals surface area (Å²) in [6.07, 6.45) is 5.61. The first-order valence-corrected chi connectivity index (χ1v) is 8.80. The van der Waals surface area contributed by atoms with E-state index in [0.29, 0.717) is 29.0 Å². The maximum absolute atomic E-state index is 12.2. The SMILES string of the molecule is C[C@@H](OC[C@H](C)C(C)(C)C)C1CCC2C(=O)CCCC21C. The van der Waals surface area contributed by atoms with Gasteiger partial charge in [0.1, 0.15) is 5.78 Å². The minimum atomic E-state index is 0.194. The van der Waals surface area contributed by atoms with Crippen molar-refractivity contribution in [1.82, 2.24) is 0 Å². The lowest BCUT2D eigenvalue weighted by molar-refractivity contribution is -0.131. The van der Waals surface area contributed by atoms with Gasteiger partial charge < -0.3 is 4.74 Å². The second kappa shape index (κ2) is 6.02.